The minimum absolute atomic E-state index is 0.000888. The Morgan fingerprint density at radius 1 is 1.30 bits per heavy atom. The second-order valence-electron chi connectivity index (χ2n) is 4.36. The Bertz CT molecular complexity index is 624. The molecule has 0 fully saturated rings. The van der Waals surface area contributed by atoms with Crippen LogP contribution in [0.3, 0.4) is 0 Å². The van der Waals surface area contributed by atoms with Gasteiger partial charge in [-0.2, -0.15) is 0 Å². The number of benzene rings is 1. The van der Waals surface area contributed by atoms with Gasteiger partial charge in [0.1, 0.15) is 0 Å². The molecule has 2 amide bonds. The molecule has 0 radical (unpaired) electrons. The summed E-state index contributed by atoms with van der Waals surface area (Å²) in [6.45, 7) is -0.330. The number of amides is 2. The number of nitrogens with zero attached hydrogens (tertiary/aromatic N) is 3. The van der Waals surface area contributed by atoms with E-state index in [1.54, 1.807) is 0 Å². The first-order chi connectivity index (χ1) is 9.44. The smallest absolute Gasteiger partial charge is 0.259 e. The summed E-state index contributed by atoms with van der Waals surface area (Å²) >= 11 is 0. The molecule has 0 aliphatic carbocycles. The molecular weight excluding hydrogens is 270 g/mol. The largest absolute Gasteiger partial charge is 0.288 e. The minimum atomic E-state index is -3.12. The van der Waals surface area contributed by atoms with Gasteiger partial charge < -0.3 is 0 Å². The van der Waals surface area contributed by atoms with Crippen molar-refractivity contribution in [2.45, 2.75) is 18.8 Å². The molecule has 1 aromatic carbocycles. The van der Waals surface area contributed by atoms with Crippen LogP contribution in [0.15, 0.2) is 23.3 Å². The Labute approximate surface area is 112 Å². The summed E-state index contributed by atoms with van der Waals surface area (Å²) in [5.41, 5.74) is 8.29. The fourth-order valence-electron chi connectivity index (χ4n) is 2.06. The zero-order chi connectivity index (χ0) is 14.8. The Morgan fingerprint density at radius 2 is 2.05 bits per heavy atom. The number of alkyl halides is 2. The van der Waals surface area contributed by atoms with Crippen molar-refractivity contribution in [3.05, 3.63) is 45.3 Å². The minimum Gasteiger partial charge on any atom is -0.288 e. The summed E-state index contributed by atoms with van der Waals surface area (Å²) in [7, 11) is 0. The van der Waals surface area contributed by atoms with Crippen LogP contribution in [0.1, 0.15) is 32.7 Å². The summed E-state index contributed by atoms with van der Waals surface area (Å²) in [6, 6.07) is 4.26. The van der Waals surface area contributed by atoms with E-state index in [1.807, 2.05) is 0 Å². The van der Waals surface area contributed by atoms with Crippen LogP contribution in [0.25, 0.3) is 10.4 Å². The lowest BCUT2D eigenvalue weighted by atomic mass is 9.96. The third kappa shape index (κ3) is 2.75. The maximum absolute atomic E-state index is 13.7. The molecule has 2 rings (SSSR count). The maximum Gasteiger partial charge on any atom is 0.259 e. The Morgan fingerprint density at radius 3 is 2.75 bits per heavy atom. The molecule has 0 atom stereocenters. The molecule has 20 heavy (non-hydrogen) atoms. The van der Waals surface area contributed by atoms with E-state index in [1.165, 1.54) is 18.2 Å². The molecule has 0 bridgehead atoms. The quantitative estimate of drug-likeness (QED) is 0.388. The summed E-state index contributed by atoms with van der Waals surface area (Å²) in [4.78, 5) is 25.4. The van der Waals surface area contributed by atoms with Crippen molar-refractivity contribution in [1.82, 2.24) is 5.32 Å². The van der Waals surface area contributed by atoms with Gasteiger partial charge in [0.2, 0.25) is 0 Å². The van der Waals surface area contributed by atoms with Crippen molar-refractivity contribution < 1.29 is 18.4 Å². The van der Waals surface area contributed by atoms with Crippen molar-refractivity contribution in [1.29, 1.82) is 0 Å². The zero-order valence-electron chi connectivity index (χ0n) is 10.3. The average molecular weight is 280 g/mol. The van der Waals surface area contributed by atoms with Crippen LogP contribution < -0.4 is 5.32 Å². The first kappa shape index (κ1) is 14.0. The van der Waals surface area contributed by atoms with E-state index in [0.29, 0.717) is 0 Å². The molecule has 6 nitrogen and oxygen atoms in total. The molecular formula is C12H10F2N4O2. The normalized spacial score (nSPS) is 13.7. The molecule has 1 aliphatic heterocycles. The number of halogens is 2. The topological polar surface area (TPSA) is 94.9 Å². The van der Waals surface area contributed by atoms with E-state index >= 15 is 0 Å². The third-order valence-electron chi connectivity index (χ3n) is 2.94. The monoisotopic (exact) mass is 280 g/mol. The van der Waals surface area contributed by atoms with E-state index in [4.69, 9.17) is 5.53 Å². The molecule has 0 unspecified atom stereocenters. The molecule has 0 saturated carbocycles. The second-order valence-corrected chi connectivity index (χ2v) is 4.36. The fourth-order valence-corrected chi connectivity index (χ4v) is 2.06. The van der Waals surface area contributed by atoms with Crippen LogP contribution >= 0.6 is 0 Å². The fraction of sp³-hybridized carbons (Fsp3) is 0.333. The van der Waals surface area contributed by atoms with Gasteiger partial charge in [0.25, 0.3) is 17.7 Å². The number of fused-ring (bicyclic) bond motifs is 1. The van der Waals surface area contributed by atoms with Gasteiger partial charge in [-0.05, 0) is 17.2 Å². The molecule has 0 aromatic heterocycles. The zero-order valence-corrected chi connectivity index (χ0v) is 10.3. The van der Waals surface area contributed by atoms with Gasteiger partial charge in [0, 0.05) is 24.3 Å². The van der Waals surface area contributed by atoms with E-state index < -0.39 is 30.6 Å². The average Bonchev–Trinajstić information content (AvgIpc) is 2.66. The van der Waals surface area contributed by atoms with Crippen LogP contribution in [0.2, 0.25) is 0 Å². The van der Waals surface area contributed by atoms with E-state index in [0.717, 1.165) is 0 Å². The van der Waals surface area contributed by atoms with Gasteiger partial charge in [0.05, 0.1) is 11.1 Å². The lowest BCUT2D eigenvalue weighted by Crippen LogP contribution is -2.23. The van der Waals surface area contributed by atoms with Crippen molar-refractivity contribution in [3.63, 3.8) is 0 Å². The van der Waals surface area contributed by atoms with Gasteiger partial charge in [0.15, 0.2) is 0 Å². The van der Waals surface area contributed by atoms with Crippen molar-refractivity contribution in [2.24, 2.45) is 5.11 Å². The summed E-state index contributed by atoms with van der Waals surface area (Å²) in [6.07, 6.45) is -1.30. The van der Waals surface area contributed by atoms with Crippen LogP contribution in [0.5, 0.6) is 0 Å². The predicted octanol–water partition coefficient (Wildman–Crippen LogP) is 2.45. The van der Waals surface area contributed by atoms with Gasteiger partial charge in [-0.3, -0.25) is 14.9 Å². The lowest BCUT2D eigenvalue weighted by molar-refractivity contribution is -0.00460. The second kappa shape index (κ2) is 5.26. The summed E-state index contributed by atoms with van der Waals surface area (Å²) < 4.78 is 27.5. The molecule has 1 heterocycles. The molecule has 1 aliphatic rings. The lowest BCUT2D eigenvalue weighted by Gasteiger charge is -2.16. The van der Waals surface area contributed by atoms with Crippen LogP contribution in [0, 0.1) is 0 Å². The van der Waals surface area contributed by atoms with Crippen LogP contribution in [-0.2, 0) is 6.42 Å². The number of hydrogen-bond donors (Lipinski definition) is 1. The van der Waals surface area contributed by atoms with Crippen molar-refractivity contribution in [2.75, 3.05) is 6.54 Å². The number of carbonyl (C=O) groups is 2. The number of imide groups is 1. The Kier molecular flexibility index (Phi) is 3.67. The van der Waals surface area contributed by atoms with Crippen LogP contribution in [-0.4, -0.2) is 24.3 Å². The Balaban J connectivity index is 2.25. The molecule has 0 saturated heterocycles. The highest BCUT2D eigenvalue weighted by Gasteiger charge is 2.34. The molecule has 0 spiro atoms. The molecule has 1 aromatic rings. The SMILES string of the molecule is [N-]=[N+]=NCCC(F)(F)Cc1cccc2c1C(=O)NC2=O. The Hall–Kier alpha value is -2.47. The van der Waals surface area contributed by atoms with Gasteiger partial charge >= 0.3 is 0 Å². The maximum atomic E-state index is 13.7. The third-order valence-corrected chi connectivity index (χ3v) is 2.94. The summed E-state index contributed by atoms with van der Waals surface area (Å²) in [5, 5.41) is 5.14. The standard InChI is InChI=1S/C12H10F2N4O2/c13-12(14,4-5-16-18-15)6-7-2-1-3-8-9(7)11(20)17-10(8)19/h1-3H,4-6H2,(H,17,19,20). The van der Waals surface area contributed by atoms with E-state index in [9.17, 15) is 18.4 Å². The van der Waals surface area contributed by atoms with E-state index in [2.05, 4.69) is 15.3 Å². The highest BCUT2D eigenvalue weighted by molar-refractivity contribution is 6.22. The number of carbonyl (C=O) groups excluding carboxylic acids is 2. The number of rotatable bonds is 5. The number of nitrogens with one attached hydrogen (secondary N) is 1. The predicted molar refractivity (Wildman–Crippen MR) is 65.5 cm³/mol. The van der Waals surface area contributed by atoms with Crippen LogP contribution in [0.4, 0.5) is 8.78 Å². The summed E-state index contributed by atoms with van der Waals surface area (Å²) in [5.74, 6) is -4.36. The van der Waals surface area contributed by atoms with Gasteiger partial charge in [-0.15, -0.1) is 0 Å². The van der Waals surface area contributed by atoms with Gasteiger partial charge in [-0.25, -0.2) is 8.78 Å². The van der Waals surface area contributed by atoms with Crippen molar-refractivity contribution in [3.8, 4) is 0 Å². The molecule has 1 N–H and O–H groups in total. The molecule has 8 heteroatoms. The van der Waals surface area contributed by atoms with Crippen molar-refractivity contribution >= 4 is 11.8 Å². The van der Waals surface area contributed by atoms with Gasteiger partial charge in [-0.1, -0.05) is 17.2 Å². The molecule has 104 valence electrons. The first-order valence-electron chi connectivity index (χ1n) is 5.81. The number of hydrogen-bond acceptors (Lipinski definition) is 3. The highest BCUT2D eigenvalue weighted by Crippen LogP contribution is 2.28. The highest BCUT2D eigenvalue weighted by atomic mass is 19.3. The first-order valence-corrected chi connectivity index (χ1v) is 5.81. The number of azide groups is 1. The van der Waals surface area contributed by atoms with E-state index in [-0.39, 0.29) is 23.2 Å².